The van der Waals surface area contributed by atoms with Crippen molar-refractivity contribution in [3.05, 3.63) is 107 Å². The molecule has 1 aliphatic heterocycles. The summed E-state index contributed by atoms with van der Waals surface area (Å²) in [7, 11) is 0. The number of carboxylic acids is 1. The van der Waals surface area contributed by atoms with Crippen LogP contribution in [0.1, 0.15) is 28.4 Å². The summed E-state index contributed by atoms with van der Waals surface area (Å²) in [6.07, 6.45) is 1.79. The van der Waals surface area contributed by atoms with Gasteiger partial charge in [0.15, 0.2) is 0 Å². The molecule has 0 aliphatic carbocycles. The van der Waals surface area contributed by atoms with Gasteiger partial charge in [-0.2, -0.15) is 0 Å². The number of hydrogen-bond acceptors (Lipinski definition) is 5. The SMILES string of the molecule is CCN(C(=O)c1cccc(/C=C2\SC(=S)N([C@H](Cc3ccccc3)C(=O)O)C2=O)c1)c1ccccc1. The van der Waals surface area contributed by atoms with Crippen LogP contribution >= 0.6 is 24.0 Å². The van der Waals surface area contributed by atoms with Crippen molar-refractivity contribution in [2.45, 2.75) is 19.4 Å². The lowest BCUT2D eigenvalue weighted by atomic mass is 10.0. The standard InChI is InChI=1S/C28H24N2O4S2/c1-2-29(22-14-7-4-8-15-22)25(31)21-13-9-12-20(16-21)18-24-26(32)30(28(35)36-24)23(27(33)34)17-19-10-5-3-6-11-19/h3-16,18,23H,2,17H2,1H3,(H,33,34)/b24-18-/t23-/m1/s1. The highest BCUT2D eigenvalue weighted by molar-refractivity contribution is 8.26. The van der Waals surface area contributed by atoms with E-state index in [0.29, 0.717) is 22.6 Å². The third-order valence-electron chi connectivity index (χ3n) is 5.75. The molecule has 36 heavy (non-hydrogen) atoms. The second-order valence-corrected chi connectivity index (χ2v) is 9.78. The van der Waals surface area contributed by atoms with E-state index in [4.69, 9.17) is 12.2 Å². The second kappa shape index (κ2) is 11.3. The summed E-state index contributed by atoms with van der Waals surface area (Å²) >= 11 is 6.46. The zero-order valence-electron chi connectivity index (χ0n) is 19.5. The molecular weight excluding hydrogens is 492 g/mol. The number of rotatable bonds is 8. The van der Waals surface area contributed by atoms with Crippen LogP contribution in [0.5, 0.6) is 0 Å². The number of carbonyl (C=O) groups is 3. The Labute approximate surface area is 219 Å². The molecule has 0 bridgehead atoms. The maximum atomic E-state index is 13.2. The summed E-state index contributed by atoms with van der Waals surface area (Å²) in [6, 6.07) is 24.4. The van der Waals surface area contributed by atoms with Gasteiger partial charge in [0.2, 0.25) is 0 Å². The summed E-state index contributed by atoms with van der Waals surface area (Å²) in [5, 5.41) is 9.85. The van der Waals surface area contributed by atoms with Gasteiger partial charge in [0, 0.05) is 24.2 Å². The van der Waals surface area contributed by atoms with Crippen LogP contribution in [0.4, 0.5) is 5.69 Å². The Morgan fingerprint density at radius 1 is 1.03 bits per heavy atom. The van der Waals surface area contributed by atoms with Gasteiger partial charge in [-0.25, -0.2) is 4.79 Å². The van der Waals surface area contributed by atoms with E-state index < -0.39 is 17.9 Å². The van der Waals surface area contributed by atoms with Crippen LogP contribution in [0, 0.1) is 0 Å². The van der Waals surface area contributed by atoms with E-state index in [2.05, 4.69) is 0 Å². The highest BCUT2D eigenvalue weighted by Crippen LogP contribution is 2.35. The van der Waals surface area contributed by atoms with E-state index in [1.165, 1.54) is 4.90 Å². The predicted molar refractivity (Wildman–Crippen MR) is 147 cm³/mol. The maximum absolute atomic E-state index is 13.2. The number of hydrogen-bond donors (Lipinski definition) is 1. The van der Waals surface area contributed by atoms with Crippen molar-refractivity contribution in [2.24, 2.45) is 0 Å². The zero-order valence-corrected chi connectivity index (χ0v) is 21.2. The Morgan fingerprint density at radius 3 is 2.33 bits per heavy atom. The smallest absolute Gasteiger partial charge is 0.327 e. The molecule has 0 spiro atoms. The number of anilines is 1. The lowest BCUT2D eigenvalue weighted by molar-refractivity contribution is -0.145. The van der Waals surface area contributed by atoms with Crippen molar-refractivity contribution < 1.29 is 19.5 Å². The molecule has 3 aromatic carbocycles. The Kier molecular flexibility index (Phi) is 7.97. The van der Waals surface area contributed by atoms with Crippen LogP contribution in [0.3, 0.4) is 0 Å². The number of carbonyl (C=O) groups excluding carboxylic acids is 2. The van der Waals surface area contributed by atoms with Crippen molar-refractivity contribution in [3.8, 4) is 0 Å². The maximum Gasteiger partial charge on any atom is 0.327 e. The van der Waals surface area contributed by atoms with E-state index >= 15 is 0 Å². The number of thiocarbonyl (C=S) groups is 1. The first-order valence-electron chi connectivity index (χ1n) is 11.4. The normalized spacial score (nSPS) is 15.2. The van der Waals surface area contributed by atoms with Crippen LogP contribution in [-0.4, -0.2) is 44.7 Å². The molecule has 0 unspecified atom stereocenters. The first kappa shape index (κ1) is 25.3. The van der Waals surface area contributed by atoms with Crippen LogP contribution in [0.2, 0.25) is 0 Å². The van der Waals surface area contributed by atoms with Crippen LogP contribution in [0.15, 0.2) is 89.8 Å². The van der Waals surface area contributed by atoms with Gasteiger partial charge in [-0.15, -0.1) is 0 Å². The number of nitrogens with zero attached hydrogens (tertiary/aromatic N) is 2. The van der Waals surface area contributed by atoms with Crippen molar-refractivity contribution in [2.75, 3.05) is 11.4 Å². The van der Waals surface area contributed by atoms with E-state index in [-0.39, 0.29) is 16.6 Å². The fourth-order valence-corrected chi connectivity index (χ4v) is 5.35. The van der Waals surface area contributed by atoms with Gasteiger partial charge in [0.05, 0.1) is 4.91 Å². The van der Waals surface area contributed by atoms with Crippen LogP contribution in [0.25, 0.3) is 6.08 Å². The summed E-state index contributed by atoms with van der Waals surface area (Å²) in [5.74, 6) is -1.73. The first-order valence-corrected chi connectivity index (χ1v) is 12.6. The van der Waals surface area contributed by atoms with Gasteiger partial charge in [0.1, 0.15) is 10.4 Å². The molecule has 4 rings (SSSR count). The van der Waals surface area contributed by atoms with E-state index in [1.54, 1.807) is 35.2 Å². The molecule has 3 aromatic rings. The third kappa shape index (κ3) is 5.56. The van der Waals surface area contributed by atoms with E-state index in [1.807, 2.05) is 67.6 Å². The lowest BCUT2D eigenvalue weighted by Crippen LogP contribution is -2.45. The van der Waals surface area contributed by atoms with Crippen molar-refractivity contribution in [1.29, 1.82) is 0 Å². The highest BCUT2D eigenvalue weighted by atomic mass is 32.2. The predicted octanol–water partition coefficient (Wildman–Crippen LogP) is 5.25. The van der Waals surface area contributed by atoms with Crippen molar-refractivity contribution in [3.63, 3.8) is 0 Å². The Bertz CT molecular complexity index is 1330. The van der Waals surface area contributed by atoms with Gasteiger partial charge in [-0.1, -0.05) is 84.6 Å². The van der Waals surface area contributed by atoms with Crippen molar-refractivity contribution >= 4 is 57.8 Å². The molecule has 1 heterocycles. The molecule has 1 N–H and O–H groups in total. The molecule has 0 aromatic heterocycles. The molecule has 0 radical (unpaired) electrons. The quantitative estimate of drug-likeness (QED) is 0.326. The monoisotopic (exact) mass is 516 g/mol. The zero-order chi connectivity index (χ0) is 25.7. The molecule has 1 atom stereocenters. The fourth-order valence-electron chi connectivity index (χ4n) is 3.99. The summed E-state index contributed by atoms with van der Waals surface area (Å²) in [6.45, 7) is 2.41. The largest absolute Gasteiger partial charge is 0.480 e. The lowest BCUT2D eigenvalue weighted by Gasteiger charge is -2.23. The molecule has 1 aliphatic rings. The topological polar surface area (TPSA) is 77.9 Å². The number of thioether (sulfide) groups is 1. The third-order valence-corrected chi connectivity index (χ3v) is 7.08. The average molecular weight is 517 g/mol. The van der Waals surface area contributed by atoms with E-state index in [9.17, 15) is 19.5 Å². The molecule has 8 heteroatoms. The first-order chi connectivity index (χ1) is 17.4. The molecule has 6 nitrogen and oxygen atoms in total. The second-order valence-electron chi connectivity index (χ2n) is 8.11. The highest BCUT2D eigenvalue weighted by Gasteiger charge is 2.40. The van der Waals surface area contributed by atoms with Gasteiger partial charge in [0.25, 0.3) is 11.8 Å². The molecule has 1 saturated heterocycles. The van der Waals surface area contributed by atoms with Crippen LogP contribution in [-0.2, 0) is 16.0 Å². The van der Waals surface area contributed by atoms with Gasteiger partial charge < -0.3 is 10.0 Å². The number of carboxylic acid groups (broad SMARTS) is 1. The summed E-state index contributed by atoms with van der Waals surface area (Å²) < 4.78 is 0.197. The average Bonchev–Trinajstić information content (AvgIpc) is 3.16. The Morgan fingerprint density at radius 2 is 1.69 bits per heavy atom. The molecule has 1 fully saturated rings. The summed E-state index contributed by atoms with van der Waals surface area (Å²) in [4.78, 5) is 41.7. The minimum Gasteiger partial charge on any atom is -0.480 e. The summed E-state index contributed by atoms with van der Waals surface area (Å²) in [5.41, 5.74) is 2.74. The number of aliphatic carboxylic acids is 1. The number of benzene rings is 3. The van der Waals surface area contributed by atoms with E-state index in [0.717, 1.165) is 23.0 Å². The number of para-hydroxylation sites is 1. The minimum absolute atomic E-state index is 0.145. The van der Waals surface area contributed by atoms with Gasteiger partial charge in [-0.05, 0) is 48.4 Å². The van der Waals surface area contributed by atoms with Gasteiger partial charge >= 0.3 is 5.97 Å². The Hall–Kier alpha value is -3.75. The molecule has 182 valence electrons. The van der Waals surface area contributed by atoms with Crippen molar-refractivity contribution in [1.82, 2.24) is 4.90 Å². The molecule has 2 amide bonds. The van der Waals surface area contributed by atoms with Gasteiger partial charge in [-0.3, -0.25) is 14.5 Å². The molecular formula is C28H24N2O4S2. The number of amides is 2. The Balaban J connectivity index is 1.58. The molecule has 0 saturated carbocycles. The van der Waals surface area contributed by atoms with Crippen LogP contribution < -0.4 is 4.90 Å². The minimum atomic E-state index is -1.12. The fraction of sp³-hybridized carbons (Fsp3) is 0.143.